The Labute approximate surface area is 83.1 Å². The molecule has 13 heavy (non-hydrogen) atoms. The molecule has 1 aromatic heterocycles. The lowest BCUT2D eigenvalue weighted by Crippen LogP contribution is -2.24. The Bertz CT molecular complexity index is 266. The molecule has 0 radical (unpaired) electrons. The number of hydrogen-bond acceptors (Lipinski definition) is 3. The first-order valence-electron chi connectivity index (χ1n) is 4.07. The van der Waals surface area contributed by atoms with Crippen LogP contribution in [-0.2, 0) is 5.88 Å². The number of halogens is 1. The van der Waals surface area contributed by atoms with Crippen molar-refractivity contribution in [2.75, 3.05) is 0 Å². The lowest BCUT2D eigenvalue weighted by Gasteiger charge is -2.18. The van der Waals surface area contributed by atoms with Crippen LogP contribution in [-0.4, -0.2) is 15.6 Å². The zero-order valence-electron chi connectivity index (χ0n) is 8.04. The highest BCUT2D eigenvalue weighted by atomic mass is 35.5. The van der Waals surface area contributed by atoms with Gasteiger partial charge >= 0.3 is 6.01 Å². The van der Waals surface area contributed by atoms with E-state index in [1.54, 1.807) is 12.4 Å². The molecule has 0 unspecified atom stereocenters. The number of nitrogens with zero attached hydrogens (tertiary/aromatic N) is 2. The van der Waals surface area contributed by atoms with Gasteiger partial charge in [0.25, 0.3) is 0 Å². The van der Waals surface area contributed by atoms with Crippen LogP contribution in [0.5, 0.6) is 6.01 Å². The van der Waals surface area contributed by atoms with Crippen LogP contribution < -0.4 is 4.74 Å². The van der Waals surface area contributed by atoms with Gasteiger partial charge in [-0.25, -0.2) is 9.97 Å². The molecule has 1 aromatic rings. The van der Waals surface area contributed by atoms with Crippen LogP contribution in [0.25, 0.3) is 0 Å². The maximum atomic E-state index is 5.59. The molecule has 0 N–H and O–H groups in total. The van der Waals surface area contributed by atoms with Crippen LogP contribution in [0.1, 0.15) is 26.3 Å². The molecular weight excluding hydrogens is 188 g/mol. The molecule has 0 bridgehead atoms. The number of rotatable bonds is 2. The van der Waals surface area contributed by atoms with E-state index in [2.05, 4.69) is 9.97 Å². The predicted molar refractivity (Wildman–Crippen MR) is 52.0 cm³/mol. The lowest BCUT2D eigenvalue weighted by molar-refractivity contribution is 0.116. The molecule has 0 aliphatic heterocycles. The van der Waals surface area contributed by atoms with Crippen molar-refractivity contribution in [3.8, 4) is 6.01 Å². The third-order valence-electron chi connectivity index (χ3n) is 1.23. The number of aromatic nitrogens is 2. The van der Waals surface area contributed by atoms with Gasteiger partial charge in [0.1, 0.15) is 5.60 Å². The van der Waals surface area contributed by atoms with Crippen molar-refractivity contribution < 1.29 is 4.74 Å². The Balaban J connectivity index is 2.70. The molecule has 0 saturated heterocycles. The molecule has 3 nitrogen and oxygen atoms in total. The van der Waals surface area contributed by atoms with Gasteiger partial charge in [0, 0.05) is 18.0 Å². The summed E-state index contributed by atoms with van der Waals surface area (Å²) in [7, 11) is 0. The summed E-state index contributed by atoms with van der Waals surface area (Å²) >= 11 is 5.59. The van der Waals surface area contributed by atoms with E-state index in [0.29, 0.717) is 11.9 Å². The van der Waals surface area contributed by atoms with E-state index in [9.17, 15) is 0 Å². The van der Waals surface area contributed by atoms with Gasteiger partial charge in [0.05, 0.1) is 5.88 Å². The van der Waals surface area contributed by atoms with Gasteiger partial charge in [-0.3, -0.25) is 0 Å². The maximum absolute atomic E-state index is 5.59. The second-order valence-electron chi connectivity index (χ2n) is 3.72. The van der Waals surface area contributed by atoms with E-state index < -0.39 is 0 Å². The Morgan fingerprint density at radius 1 is 1.31 bits per heavy atom. The molecule has 0 saturated carbocycles. The van der Waals surface area contributed by atoms with Gasteiger partial charge in [-0.2, -0.15) is 0 Å². The number of alkyl halides is 1. The van der Waals surface area contributed by atoms with Crippen LogP contribution in [0.15, 0.2) is 12.4 Å². The van der Waals surface area contributed by atoms with Crippen LogP contribution in [0.3, 0.4) is 0 Å². The summed E-state index contributed by atoms with van der Waals surface area (Å²) < 4.78 is 5.44. The molecule has 1 rings (SSSR count). The average Bonchev–Trinajstić information content (AvgIpc) is 2.03. The van der Waals surface area contributed by atoms with E-state index in [-0.39, 0.29) is 5.60 Å². The Kier molecular flexibility index (Phi) is 3.09. The molecule has 0 fully saturated rings. The summed E-state index contributed by atoms with van der Waals surface area (Å²) in [4.78, 5) is 8.03. The summed E-state index contributed by atoms with van der Waals surface area (Å²) in [5.41, 5.74) is 0.630. The average molecular weight is 201 g/mol. The highest BCUT2D eigenvalue weighted by Crippen LogP contribution is 2.12. The van der Waals surface area contributed by atoms with Crippen LogP contribution in [0, 0.1) is 0 Å². The van der Waals surface area contributed by atoms with Crippen molar-refractivity contribution in [1.82, 2.24) is 9.97 Å². The van der Waals surface area contributed by atoms with E-state index in [4.69, 9.17) is 16.3 Å². The van der Waals surface area contributed by atoms with Gasteiger partial charge in [0.2, 0.25) is 0 Å². The second kappa shape index (κ2) is 3.92. The Morgan fingerprint density at radius 2 is 1.85 bits per heavy atom. The second-order valence-corrected chi connectivity index (χ2v) is 3.99. The van der Waals surface area contributed by atoms with Gasteiger partial charge in [-0.05, 0) is 20.8 Å². The van der Waals surface area contributed by atoms with Crippen molar-refractivity contribution >= 4 is 11.6 Å². The summed E-state index contributed by atoms with van der Waals surface area (Å²) in [6, 6.07) is 0.390. The van der Waals surface area contributed by atoms with Crippen molar-refractivity contribution in [2.24, 2.45) is 0 Å². The molecular formula is C9H13ClN2O. The van der Waals surface area contributed by atoms with Crippen LogP contribution >= 0.6 is 11.6 Å². The number of ether oxygens (including phenoxy) is 1. The predicted octanol–water partition coefficient (Wildman–Crippen LogP) is 2.39. The SMILES string of the molecule is CC(C)(C)Oc1ncc(CCl)cn1. The minimum atomic E-state index is -0.261. The Morgan fingerprint density at radius 3 is 2.23 bits per heavy atom. The molecule has 0 aliphatic carbocycles. The topological polar surface area (TPSA) is 35.0 Å². The fourth-order valence-electron chi connectivity index (χ4n) is 0.739. The quantitative estimate of drug-likeness (QED) is 0.688. The van der Waals surface area contributed by atoms with E-state index in [1.807, 2.05) is 20.8 Å². The molecule has 0 amide bonds. The summed E-state index contributed by atoms with van der Waals surface area (Å²) in [6.07, 6.45) is 3.34. The first-order valence-corrected chi connectivity index (χ1v) is 4.60. The van der Waals surface area contributed by atoms with Crippen molar-refractivity contribution in [3.05, 3.63) is 18.0 Å². The normalized spacial score (nSPS) is 11.4. The van der Waals surface area contributed by atoms with Crippen molar-refractivity contribution in [1.29, 1.82) is 0 Å². The summed E-state index contributed by atoms with van der Waals surface area (Å²) in [5.74, 6) is 0.426. The fraction of sp³-hybridized carbons (Fsp3) is 0.556. The zero-order chi connectivity index (χ0) is 9.90. The Hall–Kier alpha value is -0.830. The molecule has 72 valence electrons. The first-order chi connectivity index (χ1) is 6.01. The van der Waals surface area contributed by atoms with E-state index in [0.717, 1.165) is 5.56 Å². The minimum absolute atomic E-state index is 0.261. The molecule has 0 atom stereocenters. The zero-order valence-corrected chi connectivity index (χ0v) is 8.80. The van der Waals surface area contributed by atoms with Crippen molar-refractivity contribution in [2.45, 2.75) is 32.3 Å². The molecule has 4 heteroatoms. The highest BCUT2D eigenvalue weighted by Gasteiger charge is 2.13. The lowest BCUT2D eigenvalue weighted by atomic mass is 10.2. The third-order valence-corrected chi connectivity index (χ3v) is 1.54. The first kappa shape index (κ1) is 10.3. The summed E-state index contributed by atoms with van der Waals surface area (Å²) in [6.45, 7) is 5.85. The van der Waals surface area contributed by atoms with Crippen LogP contribution in [0.2, 0.25) is 0 Å². The van der Waals surface area contributed by atoms with E-state index >= 15 is 0 Å². The van der Waals surface area contributed by atoms with Crippen LogP contribution in [0.4, 0.5) is 0 Å². The molecule has 1 heterocycles. The fourth-order valence-corrected chi connectivity index (χ4v) is 0.877. The van der Waals surface area contributed by atoms with Gasteiger partial charge in [0.15, 0.2) is 0 Å². The third kappa shape index (κ3) is 3.59. The smallest absolute Gasteiger partial charge is 0.316 e. The largest absolute Gasteiger partial charge is 0.458 e. The van der Waals surface area contributed by atoms with Gasteiger partial charge in [-0.15, -0.1) is 11.6 Å². The van der Waals surface area contributed by atoms with Crippen molar-refractivity contribution in [3.63, 3.8) is 0 Å². The standard InChI is InChI=1S/C9H13ClN2O/c1-9(2,3)13-8-11-5-7(4-10)6-12-8/h5-6H,4H2,1-3H3. The van der Waals surface area contributed by atoms with Gasteiger partial charge < -0.3 is 4.74 Å². The van der Waals surface area contributed by atoms with Gasteiger partial charge in [-0.1, -0.05) is 0 Å². The summed E-state index contributed by atoms with van der Waals surface area (Å²) in [5, 5.41) is 0. The minimum Gasteiger partial charge on any atom is -0.458 e. The molecule has 0 spiro atoms. The monoisotopic (exact) mass is 200 g/mol. The highest BCUT2D eigenvalue weighted by molar-refractivity contribution is 6.17. The number of hydrogen-bond donors (Lipinski definition) is 0. The maximum Gasteiger partial charge on any atom is 0.316 e. The molecule has 0 aliphatic rings. The van der Waals surface area contributed by atoms with E-state index in [1.165, 1.54) is 0 Å². The molecule has 0 aromatic carbocycles.